The van der Waals surface area contributed by atoms with Gasteiger partial charge < -0.3 is 33.2 Å². The standard InChI is InChI=1S/C21H33N3O9/c1-8-27-18(26)19(2,3)9-11(23-24-22)16(25)28-10-12-13-14(31-20(4,5)30-13)15-17(29-12)33-21(6,7)32-15/h11-15,17H,8-10H2,1-7H3/t11?,12?,13-,14-,15?,17+/m0/s1. The Balaban J connectivity index is 1.68. The third-order valence-electron chi connectivity index (χ3n) is 5.64. The normalized spacial score (nSPS) is 32.8. The number of fused-ring (bicyclic) bond motifs is 3. The molecule has 12 heteroatoms. The van der Waals surface area contributed by atoms with Gasteiger partial charge in [0, 0.05) is 4.91 Å². The van der Waals surface area contributed by atoms with Crippen LogP contribution in [-0.2, 0) is 42.7 Å². The van der Waals surface area contributed by atoms with Crippen molar-refractivity contribution >= 4 is 11.9 Å². The van der Waals surface area contributed by atoms with Gasteiger partial charge in [-0.2, -0.15) is 0 Å². The molecule has 0 bridgehead atoms. The van der Waals surface area contributed by atoms with Crippen LogP contribution in [0, 0.1) is 5.41 Å². The maximum absolute atomic E-state index is 12.8. The number of carbonyl (C=O) groups excluding carboxylic acids is 2. The minimum atomic E-state index is -1.22. The monoisotopic (exact) mass is 471 g/mol. The summed E-state index contributed by atoms with van der Waals surface area (Å²) in [4.78, 5) is 27.7. The van der Waals surface area contributed by atoms with E-state index in [9.17, 15) is 9.59 Å². The van der Waals surface area contributed by atoms with Crippen molar-refractivity contribution in [3.8, 4) is 0 Å². The zero-order valence-electron chi connectivity index (χ0n) is 20.1. The highest BCUT2D eigenvalue weighted by Gasteiger charge is 2.60. The van der Waals surface area contributed by atoms with Crippen LogP contribution in [0.4, 0.5) is 0 Å². The predicted molar refractivity (Wildman–Crippen MR) is 111 cm³/mol. The van der Waals surface area contributed by atoms with E-state index in [1.165, 1.54) is 0 Å². The fourth-order valence-corrected chi connectivity index (χ4v) is 4.21. The van der Waals surface area contributed by atoms with E-state index in [1.54, 1.807) is 48.5 Å². The van der Waals surface area contributed by atoms with Crippen LogP contribution in [0.25, 0.3) is 10.4 Å². The number of rotatable bonds is 8. The summed E-state index contributed by atoms with van der Waals surface area (Å²) in [5, 5.41) is 3.53. The molecular weight excluding hydrogens is 438 g/mol. The lowest BCUT2D eigenvalue weighted by atomic mass is 9.86. The van der Waals surface area contributed by atoms with Crippen molar-refractivity contribution in [2.75, 3.05) is 13.2 Å². The highest BCUT2D eigenvalue weighted by molar-refractivity contribution is 5.80. The minimum absolute atomic E-state index is 0.0746. The van der Waals surface area contributed by atoms with Gasteiger partial charge in [0.2, 0.25) is 0 Å². The van der Waals surface area contributed by atoms with Crippen molar-refractivity contribution in [1.29, 1.82) is 0 Å². The van der Waals surface area contributed by atoms with Crippen molar-refractivity contribution in [1.82, 2.24) is 0 Å². The molecule has 0 aromatic heterocycles. The maximum atomic E-state index is 12.8. The SMILES string of the molecule is CCOC(=O)C(C)(C)CC(N=[N+]=[N-])C(=O)OCC1O[C@@H]2OC(C)(C)OC2[C@H]2OC(C)(C)O[C@@H]12. The zero-order chi connectivity index (χ0) is 24.6. The first kappa shape index (κ1) is 25.7. The Morgan fingerprint density at radius 3 is 2.27 bits per heavy atom. The maximum Gasteiger partial charge on any atom is 0.315 e. The fourth-order valence-electron chi connectivity index (χ4n) is 4.21. The van der Waals surface area contributed by atoms with Crippen LogP contribution in [-0.4, -0.2) is 73.5 Å². The summed E-state index contributed by atoms with van der Waals surface area (Å²) < 4.78 is 40.3. The Labute approximate surface area is 192 Å². The van der Waals surface area contributed by atoms with Crippen molar-refractivity contribution in [3.05, 3.63) is 10.4 Å². The third-order valence-corrected chi connectivity index (χ3v) is 5.64. The van der Waals surface area contributed by atoms with Crippen LogP contribution in [0.15, 0.2) is 5.11 Å². The summed E-state index contributed by atoms with van der Waals surface area (Å²) in [6.45, 7) is 12.0. The molecule has 0 aromatic carbocycles. The van der Waals surface area contributed by atoms with E-state index >= 15 is 0 Å². The smallest absolute Gasteiger partial charge is 0.315 e. The Morgan fingerprint density at radius 1 is 1.03 bits per heavy atom. The van der Waals surface area contributed by atoms with Crippen LogP contribution in [0.1, 0.15) is 54.9 Å². The number of ether oxygens (including phenoxy) is 7. The van der Waals surface area contributed by atoms with Crippen molar-refractivity contribution in [2.45, 2.75) is 103 Å². The second kappa shape index (κ2) is 9.36. The fraction of sp³-hybridized carbons (Fsp3) is 0.905. The number of esters is 2. The third kappa shape index (κ3) is 5.76. The van der Waals surface area contributed by atoms with Crippen LogP contribution in [0.5, 0.6) is 0 Å². The summed E-state index contributed by atoms with van der Waals surface area (Å²) in [7, 11) is 0. The van der Waals surface area contributed by atoms with E-state index in [2.05, 4.69) is 10.0 Å². The number of carbonyl (C=O) groups is 2. The molecule has 0 N–H and O–H groups in total. The second-order valence-electron chi connectivity index (χ2n) is 9.87. The van der Waals surface area contributed by atoms with Gasteiger partial charge in [-0.05, 0) is 60.4 Å². The summed E-state index contributed by atoms with van der Waals surface area (Å²) in [5.74, 6) is -3.04. The lowest BCUT2D eigenvalue weighted by Crippen LogP contribution is -2.56. The largest absolute Gasteiger partial charge is 0.466 e. The predicted octanol–water partition coefficient (Wildman–Crippen LogP) is 2.58. The van der Waals surface area contributed by atoms with Gasteiger partial charge in [-0.3, -0.25) is 9.59 Å². The molecule has 3 aliphatic heterocycles. The first-order valence-electron chi connectivity index (χ1n) is 11.0. The molecule has 0 aromatic rings. The van der Waals surface area contributed by atoms with Gasteiger partial charge in [0.25, 0.3) is 0 Å². The molecule has 3 rings (SSSR count). The lowest BCUT2D eigenvalue weighted by molar-refractivity contribution is -0.242. The van der Waals surface area contributed by atoms with Crippen molar-refractivity contribution in [2.24, 2.45) is 10.5 Å². The van der Waals surface area contributed by atoms with Gasteiger partial charge in [0.05, 0.1) is 12.0 Å². The van der Waals surface area contributed by atoms with Crippen molar-refractivity contribution in [3.63, 3.8) is 0 Å². The Bertz CT molecular complexity index is 809. The molecule has 3 fully saturated rings. The quantitative estimate of drug-likeness (QED) is 0.225. The van der Waals surface area contributed by atoms with E-state index in [-0.39, 0.29) is 19.6 Å². The Hall–Kier alpha value is -1.95. The number of hydrogen-bond acceptors (Lipinski definition) is 10. The van der Waals surface area contributed by atoms with E-state index in [0.29, 0.717) is 0 Å². The van der Waals surface area contributed by atoms with Gasteiger partial charge in [-0.1, -0.05) is 5.11 Å². The van der Waals surface area contributed by atoms with Crippen LogP contribution in [0.2, 0.25) is 0 Å². The van der Waals surface area contributed by atoms with E-state index in [1.807, 2.05) is 0 Å². The minimum Gasteiger partial charge on any atom is -0.466 e. The lowest BCUT2D eigenvalue weighted by Gasteiger charge is -2.37. The second-order valence-corrected chi connectivity index (χ2v) is 9.87. The molecule has 6 atom stereocenters. The first-order chi connectivity index (χ1) is 15.3. The van der Waals surface area contributed by atoms with Gasteiger partial charge >= 0.3 is 11.9 Å². The van der Waals surface area contributed by atoms with Gasteiger partial charge in [0.15, 0.2) is 17.9 Å². The van der Waals surface area contributed by atoms with Gasteiger partial charge in [-0.25, -0.2) is 0 Å². The topological polar surface area (TPSA) is 148 Å². The number of azide groups is 1. The summed E-state index contributed by atoms with van der Waals surface area (Å²) >= 11 is 0. The Morgan fingerprint density at radius 2 is 1.64 bits per heavy atom. The molecule has 0 amide bonds. The summed E-state index contributed by atoms with van der Waals surface area (Å²) in [6, 6.07) is -1.22. The number of nitrogens with zero attached hydrogens (tertiary/aromatic N) is 3. The highest BCUT2D eigenvalue weighted by atomic mass is 16.9. The molecule has 3 aliphatic rings. The first-order valence-corrected chi connectivity index (χ1v) is 11.0. The average Bonchev–Trinajstić information content (AvgIpc) is 3.19. The van der Waals surface area contributed by atoms with Crippen LogP contribution >= 0.6 is 0 Å². The molecular formula is C21H33N3O9. The molecule has 186 valence electrons. The molecule has 3 unspecified atom stereocenters. The van der Waals surface area contributed by atoms with Crippen LogP contribution < -0.4 is 0 Å². The molecule has 33 heavy (non-hydrogen) atoms. The number of hydrogen-bond donors (Lipinski definition) is 0. The zero-order valence-corrected chi connectivity index (χ0v) is 20.1. The molecule has 0 aliphatic carbocycles. The van der Waals surface area contributed by atoms with Gasteiger partial charge in [0.1, 0.15) is 37.1 Å². The molecule has 3 saturated heterocycles. The van der Waals surface area contributed by atoms with Gasteiger partial charge in [-0.15, -0.1) is 0 Å². The molecule has 0 spiro atoms. The molecule has 0 saturated carbocycles. The summed E-state index contributed by atoms with van der Waals surface area (Å²) in [5.41, 5.74) is 7.86. The Kier molecular flexibility index (Phi) is 7.28. The highest BCUT2D eigenvalue weighted by Crippen LogP contribution is 2.44. The van der Waals surface area contributed by atoms with E-state index < -0.39 is 65.7 Å². The average molecular weight is 472 g/mol. The molecule has 12 nitrogen and oxygen atoms in total. The molecule has 3 heterocycles. The molecule has 0 radical (unpaired) electrons. The van der Waals surface area contributed by atoms with E-state index in [4.69, 9.17) is 38.7 Å². The van der Waals surface area contributed by atoms with Crippen LogP contribution in [0.3, 0.4) is 0 Å². The van der Waals surface area contributed by atoms with E-state index in [0.717, 1.165) is 0 Å². The summed E-state index contributed by atoms with van der Waals surface area (Å²) in [6.07, 6.45) is -3.06. The van der Waals surface area contributed by atoms with Crippen molar-refractivity contribution < 1.29 is 42.7 Å².